The average molecular weight is 346 g/mol. The summed E-state index contributed by atoms with van der Waals surface area (Å²) in [7, 11) is -4.62. The fraction of sp³-hybridized carbons (Fsp3) is 0.600. The zero-order valence-electron chi connectivity index (χ0n) is 13.0. The van der Waals surface area contributed by atoms with E-state index >= 15 is 0 Å². The van der Waals surface area contributed by atoms with E-state index in [9.17, 15) is 8.96 Å². The van der Waals surface area contributed by atoms with E-state index in [1.165, 1.54) is 6.07 Å². The van der Waals surface area contributed by atoms with Gasteiger partial charge in [0.2, 0.25) is 0 Å². The van der Waals surface area contributed by atoms with Crippen molar-refractivity contribution in [2.24, 2.45) is 5.92 Å². The Bertz CT molecular complexity index is 654. The molecular weight excluding hydrogens is 326 g/mol. The van der Waals surface area contributed by atoms with E-state index in [1.54, 1.807) is 0 Å². The molecule has 1 saturated carbocycles. The molecule has 3 rings (SSSR count). The number of rotatable bonds is 6. The van der Waals surface area contributed by atoms with Crippen molar-refractivity contribution in [1.29, 1.82) is 0 Å². The van der Waals surface area contributed by atoms with Crippen LogP contribution >= 0.6 is 7.82 Å². The molecule has 1 heterocycles. The van der Waals surface area contributed by atoms with Gasteiger partial charge in [0, 0.05) is 17.0 Å². The van der Waals surface area contributed by atoms with Gasteiger partial charge in [-0.05, 0) is 30.7 Å². The van der Waals surface area contributed by atoms with Crippen molar-refractivity contribution in [3.8, 4) is 11.5 Å². The van der Waals surface area contributed by atoms with E-state index in [4.69, 9.17) is 19.3 Å². The van der Waals surface area contributed by atoms with Gasteiger partial charge in [-0.2, -0.15) is 0 Å². The van der Waals surface area contributed by atoms with E-state index in [1.807, 2.05) is 13.8 Å². The van der Waals surface area contributed by atoms with Crippen LogP contribution in [0.5, 0.6) is 11.5 Å². The highest BCUT2D eigenvalue weighted by Crippen LogP contribution is 2.51. The highest BCUT2D eigenvalue weighted by molar-refractivity contribution is 7.46. The Morgan fingerprint density at radius 2 is 2.17 bits per heavy atom. The summed E-state index contributed by atoms with van der Waals surface area (Å²) in [6.45, 7) is 3.66. The van der Waals surface area contributed by atoms with Gasteiger partial charge in [-0.15, -0.1) is 0 Å². The highest BCUT2D eigenvalue weighted by atomic mass is 31.2. The average Bonchev–Trinajstić information content (AvgIpc) is 3.23. The Labute approximate surface area is 133 Å². The number of phosphoric ester groups is 1. The number of phosphoric acid groups is 1. The van der Waals surface area contributed by atoms with Crippen molar-refractivity contribution >= 4 is 7.82 Å². The molecule has 1 aromatic rings. The third-order valence-electron chi connectivity index (χ3n) is 4.46. The highest BCUT2D eigenvalue weighted by Gasteiger charge is 2.36. The molecule has 1 fully saturated rings. The quantitative estimate of drug-likeness (QED) is 0.607. The zero-order chi connectivity index (χ0) is 16.8. The molecule has 1 aliphatic heterocycles. The molecule has 2 atom stereocenters. The lowest BCUT2D eigenvalue weighted by Gasteiger charge is -2.21. The van der Waals surface area contributed by atoms with Crippen LogP contribution in [0.3, 0.4) is 0 Å². The summed E-state index contributed by atoms with van der Waals surface area (Å²) in [5.41, 5.74) is 1.32. The van der Waals surface area contributed by atoms with Gasteiger partial charge in [0.15, 0.2) is 18.4 Å². The van der Waals surface area contributed by atoms with Crippen molar-refractivity contribution in [2.45, 2.75) is 38.5 Å². The minimum Gasteiger partial charge on any atom is -0.489 e. The second-order valence-electron chi connectivity index (χ2n) is 6.24. The largest absolute Gasteiger partial charge is 0.489 e. The maximum Gasteiger partial charge on any atom is 0.472 e. The van der Waals surface area contributed by atoms with Crippen LogP contribution in [0.4, 0.5) is 4.39 Å². The number of ether oxygens (including phenoxy) is 2. The van der Waals surface area contributed by atoms with Crippen LogP contribution in [0.1, 0.15) is 49.7 Å². The molecule has 0 spiro atoms. The Morgan fingerprint density at radius 1 is 1.48 bits per heavy atom. The van der Waals surface area contributed by atoms with Gasteiger partial charge in [0.05, 0.1) is 6.61 Å². The van der Waals surface area contributed by atoms with E-state index < -0.39 is 20.4 Å². The molecule has 0 amide bonds. The second kappa shape index (κ2) is 6.06. The molecule has 0 saturated heterocycles. The van der Waals surface area contributed by atoms with Gasteiger partial charge in [-0.1, -0.05) is 13.8 Å². The lowest BCUT2D eigenvalue weighted by atomic mass is 9.90. The summed E-state index contributed by atoms with van der Waals surface area (Å²) in [5.74, 6) is 0.698. The molecule has 128 valence electrons. The summed E-state index contributed by atoms with van der Waals surface area (Å²) in [5, 5.41) is 0. The monoisotopic (exact) mass is 346 g/mol. The Morgan fingerprint density at radius 3 is 2.78 bits per heavy atom. The molecule has 1 aliphatic carbocycles. The molecule has 1 aromatic carbocycles. The first-order valence-electron chi connectivity index (χ1n) is 7.60. The van der Waals surface area contributed by atoms with Crippen LogP contribution in [0.25, 0.3) is 0 Å². The first kappa shape index (κ1) is 16.7. The van der Waals surface area contributed by atoms with Crippen LogP contribution in [-0.4, -0.2) is 23.2 Å². The first-order valence-corrected chi connectivity index (χ1v) is 9.13. The summed E-state index contributed by atoms with van der Waals surface area (Å²) >= 11 is 0. The minimum absolute atomic E-state index is 0.0593. The number of hydrogen-bond acceptors (Lipinski definition) is 4. The van der Waals surface area contributed by atoms with Gasteiger partial charge in [0.1, 0.15) is 5.75 Å². The summed E-state index contributed by atoms with van der Waals surface area (Å²) in [6, 6.07) is 1.41. The summed E-state index contributed by atoms with van der Waals surface area (Å²) in [4.78, 5) is 17.6. The normalized spacial score (nSPS) is 21.7. The number of halogens is 1. The van der Waals surface area contributed by atoms with Crippen LogP contribution < -0.4 is 9.47 Å². The molecule has 0 radical (unpaired) electrons. The maximum absolute atomic E-state index is 14.3. The van der Waals surface area contributed by atoms with Gasteiger partial charge >= 0.3 is 7.82 Å². The first-order chi connectivity index (χ1) is 10.8. The van der Waals surface area contributed by atoms with Crippen LogP contribution in [0, 0.1) is 11.7 Å². The van der Waals surface area contributed by atoms with Crippen molar-refractivity contribution in [1.82, 2.24) is 0 Å². The molecule has 0 aromatic heterocycles. The fourth-order valence-electron chi connectivity index (χ4n) is 3.04. The van der Waals surface area contributed by atoms with Crippen molar-refractivity contribution in [3.05, 3.63) is 23.0 Å². The predicted octanol–water partition coefficient (Wildman–Crippen LogP) is 3.28. The minimum atomic E-state index is -4.62. The van der Waals surface area contributed by atoms with E-state index in [-0.39, 0.29) is 17.6 Å². The van der Waals surface area contributed by atoms with E-state index in [0.717, 1.165) is 12.8 Å². The number of hydrogen-bond donors (Lipinski definition) is 2. The lowest BCUT2D eigenvalue weighted by molar-refractivity contribution is 0.0809. The lowest BCUT2D eigenvalue weighted by Crippen LogP contribution is -2.09. The standard InChI is InChI=1S/C15H20FO6P/c1-8-6-20-15-12(16)5-11(9(2)10-3-4-10)14(13(8)15)21-7-22-23(17,18)19/h5,8-10H,3-4,6-7H2,1-2H3,(H2,17,18,19)/t8-,9-/m1/s1. The molecule has 23 heavy (non-hydrogen) atoms. The second-order valence-corrected chi connectivity index (χ2v) is 7.48. The molecule has 0 bridgehead atoms. The Kier molecular flexibility index (Phi) is 4.40. The van der Waals surface area contributed by atoms with E-state index in [2.05, 4.69) is 4.52 Å². The molecule has 2 aliphatic rings. The molecule has 6 nitrogen and oxygen atoms in total. The van der Waals surface area contributed by atoms with Gasteiger partial charge in [-0.3, -0.25) is 0 Å². The fourth-order valence-corrected chi connectivity index (χ4v) is 3.23. The SMILES string of the molecule is C[C@@H]1COc2c(F)cc([C@H](C)C3CC3)c(OCOP(=O)(O)O)c21. The third kappa shape index (κ3) is 3.53. The number of benzene rings is 1. The van der Waals surface area contributed by atoms with Crippen molar-refractivity contribution in [3.63, 3.8) is 0 Å². The smallest absolute Gasteiger partial charge is 0.472 e. The molecule has 0 unspecified atom stereocenters. The predicted molar refractivity (Wildman–Crippen MR) is 80.1 cm³/mol. The third-order valence-corrected chi connectivity index (χ3v) is 4.91. The maximum atomic E-state index is 14.3. The van der Waals surface area contributed by atoms with Crippen molar-refractivity contribution in [2.75, 3.05) is 13.4 Å². The topological polar surface area (TPSA) is 85.2 Å². The van der Waals surface area contributed by atoms with Gasteiger partial charge in [0.25, 0.3) is 0 Å². The molecule has 8 heteroatoms. The molecular formula is C15H20FO6P. The Hall–Kier alpha value is -1.14. The zero-order valence-corrected chi connectivity index (χ0v) is 13.9. The van der Waals surface area contributed by atoms with Crippen molar-refractivity contribution < 1.29 is 32.7 Å². The van der Waals surface area contributed by atoms with Crippen LogP contribution in [0.2, 0.25) is 0 Å². The van der Waals surface area contributed by atoms with Crippen LogP contribution in [0.15, 0.2) is 6.07 Å². The van der Waals surface area contributed by atoms with Crippen LogP contribution in [-0.2, 0) is 9.09 Å². The summed E-state index contributed by atoms with van der Waals surface area (Å²) in [6.07, 6.45) is 2.18. The summed E-state index contributed by atoms with van der Waals surface area (Å²) < 4.78 is 40.4. The van der Waals surface area contributed by atoms with Gasteiger partial charge < -0.3 is 19.3 Å². The van der Waals surface area contributed by atoms with E-state index in [0.29, 0.717) is 29.4 Å². The Balaban J connectivity index is 1.96. The van der Waals surface area contributed by atoms with Gasteiger partial charge in [-0.25, -0.2) is 13.5 Å². The number of fused-ring (bicyclic) bond motifs is 1. The molecule has 2 N–H and O–H groups in total.